The standard InChI is InChI=1S/C13H17FN2O3/c14-10-1-3-11(4-2-10)18-7-8-19-13(17)12-9-15-5-6-16-12/h1-4,12,15-16H,5-9H2. The molecule has 5 nitrogen and oxygen atoms in total. The Labute approximate surface area is 111 Å². The number of nitrogens with one attached hydrogen (secondary N) is 2. The second-order valence-corrected chi connectivity index (χ2v) is 4.18. The van der Waals surface area contributed by atoms with Crippen molar-refractivity contribution in [2.45, 2.75) is 6.04 Å². The molecule has 0 spiro atoms. The molecule has 0 amide bonds. The average molecular weight is 268 g/mol. The van der Waals surface area contributed by atoms with Gasteiger partial charge in [-0.05, 0) is 24.3 Å². The van der Waals surface area contributed by atoms with E-state index >= 15 is 0 Å². The highest BCUT2D eigenvalue weighted by molar-refractivity contribution is 5.76. The maximum Gasteiger partial charge on any atom is 0.324 e. The minimum atomic E-state index is -0.311. The Morgan fingerprint density at radius 3 is 2.74 bits per heavy atom. The SMILES string of the molecule is O=C(OCCOc1ccc(F)cc1)C1CNCCN1. The highest BCUT2D eigenvalue weighted by Gasteiger charge is 2.21. The summed E-state index contributed by atoms with van der Waals surface area (Å²) in [5.41, 5.74) is 0. The Morgan fingerprint density at radius 1 is 1.26 bits per heavy atom. The fourth-order valence-corrected chi connectivity index (χ4v) is 1.75. The van der Waals surface area contributed by atoms with Crippen LogP contribution in [0.15, 0.2) is 24.3 Å². The van der Waals surface area contributed by atoms with Crippen molar-refractivity contribution in [2.75, 3.05) is 32.8 Å². The van der Waals surface area contributed by atoms with Crippen molar-refractivity contribution in [2.24, 2.45) is 0 Å². The smallest absolute Gasteiger partial charge is 0.324 e. The van der Waals surface area contributed by atoms with Crippen LogP contribution in [0.25, 0.3) is 0 Å². The van der Waals surface area contributed by atoms with Crippen molar-refractivity contribution in [3.05, 3.63) is 30.1 Å². The predicted molar refractivity (Wildman–Crippen MR) is 67.5 cm³/mol. The van der Waals surface area contributed by atoms with Gasteiger partial charge in [0, 0.05) is 19.6 Å². The fraction of sp³-hybridized carbons (Fsp3) is 0.462. The molecule has 0 aliphatic carbocycles. The minimum Gasteiger partial charge on any atom is -0.490 e. The Balaban J connectivity index is 1.63. The summed E-state index contributed by atoms with van der Waals surface area (Å²) in [6, 6.07) is 5.41. The molecule has 1 saturated heterocycles. The van der Waals surface area contributed by atoms with Gasteiger partial charge in [-0.3, -0.25) is 4.79 Å². The lowest BCUT2D eigenvalue weighted by Gasteiger charge is -2.22. The van der Waals surface area contributed by atoms with Crippen molar-refractivity contribution >= 4 is 5.97 Å². The normalized spacial score (nSPS) is 18.9. The molecule has 2 rings (SSSR count). The van der Waals surface area contributed by atoms with Gasteiger partial charge in [0.25, 0.3) is 0 Å². The first-order chi connectivity index (χ1) is 9.25. The average Bonchev–Trinajstić information content (AvgIpc) is 2.46. The highest BCUT2D eigenvalue weighted by atomic mass is 19.1. The van der Waals surface area contributed by atoms with Gasteiger partial charge in [-0.25, -0.2) is 4.39 Å². The highest BCUT2D eigenvalue weighted by Crippen LogP contribution is 2.10. The Kier molecular flexibility index (Phi) is 5.11. The van der Waals surface area contributed by atoms with Crippen LogP contribution in [-0.4, -0.2) is 44.9 Å². The molecule has 0 saturated carbocycles. The molecule has 1 aromatic carbocycles. The molecule has 2 N–H and O–H groups in total. The Bertz CT molecular complexity index is 405. The number of hydrogen-bond acceptors (Lipinski definition) is 5. The third kappa shape index (κ3) is 4.50. The summed E-state index contributed by atoms with van der Waals surface area (Å²) < 4.78 is 23.1. The summed E-state index contributed by atoms with van der Waals surface area (Å²) in [5.74, 6) is -0.0422. The third-order valence-electron chi connectivity index (χ3n) is 2.74. The van der Waals surface area contributed by atoms with Gasteiger partial charge < -0.3 is 20.1 Å². The largest absolute Gasteiger partial charge is 0.490 e. The van der Waals surface area contributed by atoms with Gasteiger partial charge in [0.05, 0.1) is 0 Å². The van der Waals surface area contributed by atoms with Crippen LogP contribution in [0.3, 0.4) is 0 Å². The Hall–Kier alpha value is -1.66. The van der Waals surface area contributed by atoms with E-state index in [9.17, 15) is 9.18 Å². The van der Waals surface area contributed by atoms with Crippen molar-refractivity contribution in [1.82, 2.24) is 10.6 Å². The van der Waals surface area contributed by atoms with Gasteiger partial charge in [0.15, 0.2) is 0 Å². The molecular formula is C13H17FN2O3. The molecule has 1 aliphatic rings. The molecule has 0 aromatic heterocycles. The number of carbonyl (C=O) groups is 1. The van der Waals surface area contributed by atoms with Crippen LogP contribution in [0.4, 0.5) is 4.39 Å². The van der Waals surface area contributed by atoms with Crippen molar-refractivity contribution < 1.29 is 18.7 Å². The van der Waals surface area contributed by atoms with Gasteiger partial charge in [-0.15, -0.1) is 0 Å². The van der Waals surface area contributed by atoms with E-state index in [1.54, 1.807) is 0 Å². The number of rotatable bonds is 5. The maximum absolute atomic E-state index is 12.6. The predicted octanol–water partition coefficient (Wildman–Crippen LogP) is 0.309. The Morgan fingerprint density at radius 2 is 2.05 bits per heavy atom. The number of esters is 1. The molecule has 6 heteroatoms. The second-order valence-electron chi connectivity index (χ2n) is 4.18. The van der Waals surface area contributed by atoms with Crippen LogP contribution in [0, 0.1) is 5.82 Å². The topological polar surface area (TPSA) is 59.6 Å². The quantitative estimate of drug-likeness (QED) is 0.594. The van der Waals surface area contributed by atoms with Crippen LogP contribution in [0.2, 0.25) is 0 Å². The molecule has 0 radical (unpaired) electrons. The zero-order valence-electron chi connectivity index (χ0n) is 10.5. The van der Waals surface area contributed by atoms with E-state index < -0.39 is 0 Å². The van der Waals surface area contributed by atoms with Gasteiger partial charge in [0.1, 0.15) is 30.8 Å². The molecule has 104 valence electrons. The van der Waals surface area contributed by atoms with E-state index in [-0.39, 0.29) is 31.0 Å². The van der Waals surface area contributed by atoms with Gasteiger partial charge in [0.2, 0.25) is 0 Å². The second kappa shape index (κ2) is 7.06. The summed E-state index contributed by atoms with van der Waals surface area (Å²) in [7, 11) is 0. The van der Waals surface area contributed by atoms with Crippen LogP contribution in [0.5, 0.6) is 5.75 Å². The molecule has 1 aliphatic heterocycles. The van der Waals surface area contributed by atoms with Gasteiger partial charge in [-0.1, -0.05) is 0 Å². The first-order valence-corrected chi connectivity index (χ1v) is 6.25. The van der Waals surface area contributed by atoms with Crippen molar-refractivity contribution in [1.29, 1.82) is 0 Å². The van der Waals surface area contributed by atoms with Crippen LogP contribution in [0.1, 0.15) is 0 Å². The number of carbonyl (C=O) groups excluding carboxylic acids is 1. The lowest BCUT2D eigenvalue weighted by atomic mass is 10.2. The number of ether oxygens (including phenoxy) is 2. The lowest BCUT2D eigenvalue weighted by molar-refractivity contribution is -0.147. The van der Waals surface area contributed by atoms with Crippen molar-refractivity contribution in [3.63, 3.8) is 0 Å². The van der Waals surface area contributed by atoms with E-state index in [1.807, 2.05) is 0 Å². The van der Waals surface area contributed by atoms with E-state index in [1.165, 1.54) is 24.3 Å². The monoisotopic (exact) mass is 268 g/mol. The molecule has 0 bridgehead atoms. The van der Waals surface area contributed by atoms with E-state index in [2.05, 4.69) is 10.6 Å². The molecular weight excluding hydrogens is 251 g/mol. The first-order valence-electron chi connectivity index (χ1n) is 6.25. The summed E-state index contributed by atoms with van der Waals surface area (Å²) in [6.45, 7) is 2.62. The summed E-state index contributed by atoms with van der Waals surface area (Å²) in [5, 5.41) is 6.17. The lowest BCUT2D eigenvalue weighted by Crippen LogP contribution is -2.53. The van der Waals surface area contributed by atoms with Crippen molar-refractivity contribution in [3.8, 4) is 5.75 Å². The molecule has 1 fully saturated rings. The van der Waals surface area contributed by atoms with E-state index in [4.69, 9.17) is 9.47 Å². The summed E-state index contributed by atoms with van der Waals surface area (Å²) in [4.78, 5) is 11.6. The van der Waals surface area contributed by atoms with Crippen LogP contribution in [-0.2, 0) is 9.53 Å². The van der Waals surface area contributed by atoms with Crippen LogP contribution < -0.4 is 15.4 Å². The zero-order chi connectivity index (χ0) is 13.5. The van der Waals surface area contributed by atoms with Gasteiger partial charge in [-0.2, -0.15) is 0 Å². The summed E-state index contributed by atoms with van der Waals surface area (Å²) >= 11 is 0. The molecule has 1 unspecified atom stereocenters. The van der Waals surface area contributed by atoms with E-state index in [0.29, 0.717) is 12.3 Å². The number of halogens is 1. The number of piperazine rings is 1. The summed E-state index contributed by atoms with van der Waals surface area (Å²) in [6.07, 6.45) is 0. The molecule has 19 heavy (non-hydrogen) atoms. The molecule has 1 aromatic rings. The van der Waals surface area contributed by atoms with E-state index in [0.717, 1.165) is 13.1 Å². The number of hydrogen-bond donors (Lipinski definition) is 2. The minimum absolute atomic E-state index is 0.175. The third-order valence-corrected chi connectivity index (χ3v) is 2.74. The van der Waals surface area contributed by atoms with Crippen LogP contribution >= 0.6 is 0 Å². The van der Waals surface area contributed by atoms with Gasteiger partial charge >= 0.3 is 5.97 Å². The maximum atomic E-state index is 12.6. The molecule has 1 heterocycles. The number of benzene rings is 1. The zero-order valence-corrected chi connectivity index (χ0v) is 10.5. The first kappa shape index (κ1) is 13.8. The fourth-order valence-electron chi connectivity index (χ4n) is 1.75. The molecule has 1 atom stereocenters.